The monoisotopic (exact) mass is 275 g/mol. The van der Waals surface area contributed by atoms with E-state index in [1.54, 1.807) is 0 Å². The minimum Gasteiger partial charge on any atom is -0.398 e. The average molecular weight is 275 g/mol. The number of benzene rings is 1. The first-order chi connectivity index (χ1) is 8.93. The van der Waals surface area contributed by atoms with E-state index >= 15 is 0 Å². The number of nitrogens with zero attached hydrogens (tertiary/aromatic N) is 2. The number of nitrogen functional groups attached to an aromatic ring is 1. The number of nitro groups is 1. The van der Waals surface area contributed by atoms with Gasteiger partial charge in [0.05, 0.1) is 18.1 Å². The first-order valence-corrected chi connectivity index (χ1v) is 5.58. The SMILES string of the molecule is Nc1ccc([N+](=O)[O-])cc1CN(CCO)CC(F)F. The standard InChI is InChI=1S/C11H15F2N3O3/c12-11(13)7-15(3-4-17)6-8-5-9(16(18)19)1-2-10(8)14/h1-2,5,11,17H,3-4,6-7,14H2. The van der Waals surface area contributed by atoms with E-state index in [4.69, 9.17) is 10.8 Å². The quantitative estimate of drug-likeness (QED) is 0.443. The molecule has 0 radical (unpaired) electrons. The van der Waals surface area contributed by atoms with Crippen molar-refractivity contribution >= 4 is 11.4 Å². The molecular weight excluding hydrogens is 260 g/mol. The molecular formula is C11H15F2N3O3. The number of aliphatic hydroxyl groups is 1. The van der Waals surface area contributed by atoms with Gasteiger partial charge < -0.3 is 10.8 Å². The lowest BCUT2D eigenvalue weighted by molar-refractivity contribution is -0.384. The second-order valence-corrected chi connectivity index (χ2v) is 3.99. The van der Waals surface area contributed by atoms with Crippen LogP contribution >= 0.6 is 0 Å². The maximum atomic E-state index is 12.4. The van der Waals surface area contributed by atoms with Gasteiger partial charge in [-0.25, -0.2) is 8.78 Å². The second-order valence-electron chi connectivity index (χ2n) is 3.99. The van der Waals surface area contributed by atoms with Gasteiger partial charge in [-0.15, -0.1) is 0 Å². The van der Waals surface area contributed by atoms with Crippen molar-refractivity contribution in [3.05, 3.63) is 33.9 Å². The Balaban J connectivity index is 2.88. The molecule has 0 heterocycles. The van der Waals surface area contributed by atoms with Gasteiger partial charge in [-0.1, -0.05) is 0 Å². The summed E-state index contributed by atoms with van der Waals surface area (Å²) in [6.07, 6.45) is -2.55. The second kappa shape index (κ2) is 6.95. The van der Waals surface area contributed by atoms with Gasteiger partial charge >= 0.3 is 0 Å². The summed E-state index contributed by atoms with van der Waals surface area (Å²) >= 11 is 0. The van der Waals surface area contributed by atoms with Crippen LogP contribution in [0.1, 0.15) is 5.56 Å². The van der Waals surface area contributed by atoms with Crippen LogP contribution in [0.2, 0.25) is 0 Å². The zero-order chi connectivity index (χ0) is 14.4. The molecule has 0 amide bonds. The van der Waals surface area contributed by atoms with Crippen LogP contribution in [-0.2, 0) is 6.54 Å². The molecule has 0 saturated heterocycles. The highest BCUT2D eigenvalue weighted by Crippen LogP contribution is 2.21. The van der Waals surface area contributed by atoms with E-state index < -0.39 is 17.9 Å². The molecule has 3 N–H and O–H groups in total. The third-order valence-corrected chi connectivity index (χ3v) is 2.54. The minimum atomic E-state index is -2.55. The molecule has 106 valence electrons. The number of anilines is 1. The summed E-state index contributed by atoms with van der Waals surface area (Å²) in [5, 5.41) is 19.5. The lowest BCUT2D eigenvalue weighted by atomic mass is 10.1. The Bertz CT molecular complexity index is 443. The summed E-state index contributed by atoms with van der Waals surface area (Å²) in [6, 6.07) is 3.88. The Labute approximate surface area is 108 Å². The Morgan fingerprint density at radius 1 is 1.47 bits per heavy atom. The van der Waals surface area contributed by atoms with Crippen molar-refractivity contribution in [3.8, 4) is 0 Å². The highest BCUT2D eigenvalue weighted by molar-refractivity contribution is 5.52. The van der Waals surface area contributed by atoms with Crippen LogP contribution in [0.3, 0.4) is 0 Å². The Morgan fingerprint density at radius 2 is 2.16 bits per heavy atom. The number of rotatable bonds is 7. The summed E-state index contributed by atoms with van der Waals surface area (Å²) in [6.45, 7) is -0.727. The van der Waals surface area contributed by atoms with Crippen molar-refractivity contribution in [1.82, 2.24) is 4.90 Å². The number of hydrogen-bond donors (Lipinski definition) is 2. The van der Waals surface area contributed by atoms with E-state index in [1.807, 2.05) is 0 Å². The predicted octanol–water partition coefficient (Wildman–Crippen LogP) is 1.24. The van der Waals surface area contributed by atoms with Crippen LogP contribution in [0.25, 0.3) is 0 Å². The fraction of sp³-hybridized carbons (Fsp3) is 0.455. The van der Waals surface area contributed by atoms with Gasteiger partial charge in [0.25, 0.3) is 12.1 Å². The molecule has 0 saturated carbocycles. The van der Waals surface area contributed by atoms with Crippen LogP contribution in [0.15, 0.2) is 18.2 Å². The molecule has 1 rings (SSSR count). The molecule has 0 spiro atoms. The van der Waals surface area contributed by atoms with E-state index in [-0.39, 0.29) is 25.4 Å². The molecule has 0 unspecified atom stereocenters. The van der Waals surface area contributed by atoms with Crippen LogP contribution in [0, 0.1) is 10.1 Å². The van der Waals surface area contributed by atoms with Gasteiger partial charge in [0.15, 0.2) is 0 Å². The lowest BCUT2D eigenvalue weighted by Gasteiger charge is -2.21. The fourth-order valence-corrected chi connectivity index (χ4v) is 1.66. The fourth-order valence-electron chi connectivity index (χ4n) is 1.66. The van der Waals surface area contributed by atoms with Crippen LogP contribution in [0.5, 0.6) is 0 Å². The summed E-state index contributed by atoms with van der Waals surface area (Å²) in [7, 11) is 0. The Morgan fingerprint density at radius 3 is 2.68 bits per heavy atom. The lowest BCUT2D eigenvalue weighted by Crippen LogP contribution is -2.31. The zero-order valence-electron chi connectivity index (χ0n) is 10.1. The first kappa shape index (κ1) is 15.3. The zero-order valence-corrected chi connectivity index (χ0v) is 10.1. The molecule has 0 aliphatic heterocycles. The van der Waals surface area contributed by atoms with Crippen LogP contribution in [0.4, 0.5) is 20.2 Å². The number of nitrogens with two attached hydrogens (primary N) is 1. The third kappa shape index (κ3) is 4.76. The number of aliphatic hydroxyl groups excluding tert-OH is 1. The molecule has 6 nitrogen and oxygen atoms in total. The van der Waals surface area contributed by atoms with Gasteiger partial charge in [0.1, 0.15) is 0 Å². The van der Waals surface area contributed by atoms with Crippen LogP contribution < -0.4 is 5.73 Å². The first-order valence-electron chi connectivity index (χ1n) is 5.58. The van der Waals surface area contributed by atoms with Gasteiger partial charge in [0.2, 0.25) is 0 Å². The normalized spacial score (nSPS) is 11.2. The van der Waals surface area contributed by atoms with Gasteiger partial charge in [-0.3, -0.25) is 15.0 Å². The summed E-state index contributed by atoms with van der Waals surface area (Å²) < 4.78 is 24.7. The Kier molecular flexibility index (Phi) is 5.58. The number of nitro benzene ring substituents is 1. The topological polar surface area (TPSA) is 92.6 Å². The highest BCUT2D eigenvalue weighted by Gasteiger charge is 2.15. The van der Waals surface area contributed by atoms with Gasteiger partial charge in [0, 0.05) is 30.9 Å². The van der Waals surface area contributed by atoms with E-state index in [9.17, 15) is 18.9 Å². The van der Waals surface area contributed by atoms with E-state index in [1.165, 1.54) is 23.1 Å². The molecule has 0 fully saturated rings. The van der Waals surface area contributed by atoms with Crippen molar-refractivity contribution in [3.63, 3.8) is 0 Å². The summed E-state index contributed by atoms with van der Waals surface area (Å²) in [4.78, 5) is 11.4. The number of halogens is 2. The third-order valence-electron chi connectivity index (χ3n) is 2.54. The van der Waals surface area contributed by atoms with Crippen molar-refractivity contribution < 1.29 is 18.8 Å². The van der Waals surface area contributed by atoms with E-state index in [0.29, 0.717) is 11.3 Å². The molecule has 1 aromatic carbocycles. The number of alkyl halides is 2. The largest absolute Gasteiger partial charge is 0.398 e. The van der Waals surface area contributed by atoms with Gasteiger partial charge in [-0.05, 0) is 11.6 Å². The molecule has 19 heavy (non-hydrogen) atoms. The smallest absolute Gasteiger partial charge is 0.269 e. The molecule has 0 atom stereocenters. The van der Waals surface area contributed by atoms with E-state index in [2.05, 4.69) is 0 Å². The van der Waals surface area contributed by atoms with Crippen molar-refractivity contribution in [2.75, 3.05) is 25.4 Å². The molecule has 0 aliphatic rings. The average Bonchev–Trinajstić information content (AvgIpc) is 2.31. The van der Waals surface area contributed by atoms with Crippen molar-refractivity contribution in [2.45, 2.75) is 13.0 Å². The predicted molar refractivity (Wildman–Crippen MR) is 65.9 cm³/mol. The van der Waals surface area contributed by atoms with Gasteiger partial charge in [-0.2, -0.15) is 0 Å². The highest BCUT2D eigenvalue weighted by atomic mass is 19.3. The maximum absolute atomic E-state index is 12.4. The van der Waals surface area contributed by atoms with Crippen LogP contribution in [-0.4, -0.2) is 41.1 Å². The number of hydrogen-bond acceptors (Lipinski definition) is 5. The maximum Gasteiger partial charge on any atom is 0.269 e. The Hall–Kier alpha value is -1.80. The summed E-state index contributed by atoms with van der Waals surface area (Å²) in [5.41, 5.74) is 6.20. The molecule has 8 heteroatoms. The number of non-ortho nitro benzene ring substituents is 1. The molecule has 0 aliphatic carbocycles. The minimum absolute atomic E-state index is 0.0262. The van der Waals surface area contributed by atoms with E-state index in [0.717, 1.165) is 0 Å². The summed E-state index contributed by atoms with van der Waals surface area (Å²) in [5.74, 6) is 0. The molecule has 0 aromatic heterocycles. The van der Waals surface area contributed by atoms with Crippen molar-refractivity contribution in [1.29, 1.82) is 0 Å². The molecule has 1 aromatic rings. The molecule has 0 bridgehead atoms. The van der Waals surface area contributed by atoms with Crippen molar-refractivity contribution in [2.24, 2.45) is 0 Å².